The molecule has 0 spiro atoms. The Labute approximate surface area is 207 Å². The van der Waals surface area contributed by atoms with Crippen LogP contribution in [-0.2, 0) is 27.4 Å². The number of nitrogens with two attached hydrogens (primary N) is 1. The SMILES string of the molecule is Cc1ccc(S(=O)(=O)OCCn2c(=O)n(CC(F)(F)F)n3c4c(nc23)N(N)CN=C4c2ccco2)cc1. The van der Waals surface area contributed by atoms with Gasteiger partial charge in [0.1, 0.15) is 24.6 Å². The third-order valence-electron chi connectivity index (χ3n) is 5.58. The highest BCUT2D eigenvalue weighted by molar-refractivity contribution is 7.86. The van der Waals surface area contributed by atoms with Crippen molar-refractivity contribution in [2.24, 2.45) is 10.8 Å². The highest BCUT2D eigenvalue weighted by Gasteiger charge is 2.36. The van der Waals surface area contributed by atoms with Crippen molar-refractivity contribution in [3.05, 3.63) is 70.2 Å². The molecule has 0 bridgehead atoms. The fourth-order valence-electron chi connectivity index (χ4n) is 3.92. The summed E-state index contributed by atoms with van der Waals surface area (Å²) in [6.07, 6.45) is -3.39. The fourth-order valence-corrected chi connectivity index (χ4v) is 4.82. The molecule has 37 heavy (non-hydrogen) atoms. The molecule has 4 heterocycles. The van der Waals surface area contributed by atoms with Gasteiger partial charge in [-0.25, -0.2) is 19.8 Å². The second-order valence-electron chi connectivity index (χ2n) is 8.19. The average Bonchev–Trinajstić information content (AvgIpc) is 3.53. The first-order valence-electron chi connectivity index (χ1n) is 10.8. The van der Waals surface area contributed by atoms with Crippen molar-refractivity contribution < 1.29 is 30.2 Å². The summed E-state index contributed by atoms with van der Waals surface area (Å²) in [7, 11) is -4.17. The Bertz CT molecular complexity index is 1650. The highest BCUT2D eigenvalue weighted by Crippen LogP contribution is 2.28. The summed E-state index contributed by atoms with van der Waals surface area (Å²) in [6, 6.07) is 9.04. The van der Waals surface area contributed by atoms with Crippen molar-refractivity contribution in [2.75, 3.05) is 18.3 Å². The quantitative estimate of drug-likeness (QED) is 0.276. The van der Waals surface area contributed by atoms with Crippen molar-refractivity contribution in [3.63, 3.8) is 0 Å². The smallest absolute Gasteiger partial charge is 0.408 e. The van der Waals surface area contributed by atoms with Gasteiger partial charge in [0.15, 0.2) is 11.6 Å². The molecule has 196 valence electrons. The van der Waals surface area contributed by atoms with Crippen molar-refractivity contribution >= 4 is 27.4 Å². The molecule has 0 fully saturated rings. The van der Waals surface area contributed by atoms with Gasteiger partial charge in [-0.3, -0.25) is 18.8 Å². The number of rotatable bonds is 7. The van der Waals surface area contributed by atoms with Crippen molar-refractivity contribution in [1.82, 2.24) is 18.7 Å². The lowest BCUT2D eigenvalue weighted by atomic mass is 10.2. The Morgan fingerprint density at radius 1 is 1.19 bits per heavy atom. The lowest BCUT2D eigenvalue weighted by Crippen LogP contribution is -2.38. The van der Waals surface area contributed by atoms with Crippen LogP contribution in [0.5, 0.6) is 0 Å². The summed E-state index contributed by atoms with van der Waals surface area (Å²) in [4.78, 5) is 21.6. The Morgan fingerprint density at radius 3 is 2.57 bits per heavy atom. The molecule has 1 aliphatic heterocycles. The molecule has 0 saturated heterocycles. The largest absolute Gasteiger partial charge is 0.463 e. The number of fused-ring (bicyclic) bond motifs is 3. The van der Waals surface area contributed by atoms with Crippen LogP contribution in [0.25, 0.3) is 5.78 Å². The molecule has 16 heteroatoms. The Balaban J connectivity index is 1.57. The monoisotopic (exact) mass is 539 g/mol. The average molecular weight is 539 g/mol. The van der Waals surface area contributed by atoms with E-state index in [0.717, 1.165) is 19.7 Å². The van der Waals surface area contributed by atoms with Gasteiger partial charge in [-0.15, -0.1) is 0 Å². The van der Waals surface area contributed by atoms with Gasteiger partial charge >= 0.3 is 11.9 Å². The number of benzene rings is 1. The molecule has 5 rings (SSSR count). The number of halogens is 3. The molecule has 0 radical (unpaired) electrons. The van der Waals surface area contributed by atoms with Crippen LogP contribution in [0.3, 0.4) is 0 Å². The minimum Gasteiger partial charge on any atom is -0.463 e. The van der Waals surface area contributed by atoms with Crippen LogP contribution in [0, 0.1) is 6.92 Å². The van der Waals surface area contributed by atoms with Gasteiger partial charge in [0, 0.05) is 0 Å². The number of imidazole rings is 1. The van der Waals surface area contributed by atoms with E-state index in [-0.39, 0.29) is 40.3 Å². The first kappa shape index (κ1) is 24.8. The van der Waals surface area contributed by atoms with Gasteiger partial charge in [-0.1, -0.05) is 17.7 Å². The summed E-state index contributed by atoms with van der Waals surface area (Å²) in [5.41, 5.74) is -0.0621. The first-order chi connectivity index (χ1) is 17.5. The third-order valence-corrected chi connectivity index (χ3v) is 6.90. The van der Waals surface area contributed by atoms with Gasteiger partial charge in [-0.05, 0) is 31.2 Å². The van der Waals surface area contributed by atoms with Crippen LogP contribution in [0.4, 0.5) is 19.0 Å². The van der Waals surface area contributed by atoms with Crippen LogP contribution in [0.15, 0.2) is 61.8 Å². The summed E-state index contributed by atoms with van der Waals surface area (Å²) >= 11 is 0. The van der Waals surface area contributed by atoms with Crippen molar-refractivity contribution in [1.29, 1.82) is 0 Å². The van der Waals surface area contributed by atoms with E-state index in [1.54, 1.807) is 31.2 Å². The van der Waals surface area contributed by atoms with E-state index >= 15 is 0 Å². The first-order valence-corrected chi connectivity index (χ1v) is 12.2. The molecule has 1 aliphatic rings. The van der Waals surface area contributed by atoms with E-state index in [2.05, 4.69) is 9.98 Å². The predicted molar refractivity (Wildman–Crippen MR) is 124 cm³/mol. The maximum Gasteiger partial charge on any atom is 0.408 e. The van der Waals surface area contributed by atoms with E-state index in [1.807, 2.05) is 0 Å². The number of aromatic nitrogens is 4. The predicted octanol–water partition coefficient (Wildman–Crippen LogP) is 1.66. The fraction of sp³-hybridized carbons (Fsp3) is 0.286. The Morgan fingerprint density at radius 2 is 1.92 bits per heavy atom. The van der Waals surface area contributed by atoms with Crippen LogP contribution >= 0.6 is 0 Å². The molecule has 4 aromatic rings. The number of aryl methyl sites for hydroxylation is 1. The number of nitrogens with zero attached hydrogens (tertiary/aromatic N) is 6. The molecule has 0 aliphatic carbocycles. The standard InChI is InChI=1S/C21H20F3N7O5S/c1-13-4-6-14(7-5-13)37(33,34)36-10-8-28-19-27-18-17(31(19)30(20(28)32)11-21(22,23)24)16(26-12-29(18)25)15-3-2-9-35-15/h2-7,9H,8,10-12,25H2,1H3. The molecule has 0 atom stereocenters. The summed E-state index contributed by atoms with van der Waals surface area (Å²) in [5.74, 6) is 6.08. The lowest BCUT2D eigenvalue weighted by molar-refractivity contribution is -0.143. The van der Waals surface area contributed by atoms with Gasteiger partial charge in [0.05, 0.1) is 24.3 Å². The number of hydrogen-bond acceptors (Lipinski definition) is 9. The van der Waals surface area contributed by atoms with E-state index in [4.69, 9.17) is 14.4 Å². The molecule has 0 saturated carbocycles. The van der Waals surface area contributed by atoms with Crippen LogP contribution in [-0.4, -0.2) is 52.3 Å². The normalized spacial score (nSPS) is 14.3. The van der Waals surface area contributed by atoms with Gasteiger partial charge in [0.2, 0.25) is 5.78 Å². The van der Waals surface area contributed by atoms with E-state index in [0.29, 0.717) is 4.68 Å². The molecule has 12 nitrogen and oxygen atoms in total. The van der Waals surface area contributed by atoms with Gasteiger partial charge in [0.25, 0.3) is 10.1 Å². The second-order valence-corrected chi connectivity index (χ2v) is 9.80. The summed E-state index contributed by atoms with van der Waals surface area (Å²) in [5, 5.41) is 1.11. The molecular weight excluding hydrogens is 519 g/mol. The van der Waals surface area contributed by atoms with Crippen molar-refractivity contribution in [2.45, 2.75) is 31.1 Å². The number of alkyl halides is 3. The number of anilines is 1. The van der Waals surface area contributed by atoms with Crippen LogP contribution in [0.1, 0.15) is 17.0 Å². The molecule has 0 amide bonds. The number of furan rings is 1. The van der Waals surface area contributed by atoms with Gasteiger partial charge in [-0.2, -0.15) is 26.6 Å². The summed E-state index contributed by atoms with van der Waals surface area (Å²) < 4.78 is 78.2. The van der Waals surface area contributed by atoms with E-state index in [1.165, 1.54) is 18.4 Å². The van der Waals surface area contributed by atoms with Crippen LogP contribution in [0.2, 0.25) is 0 Å². The lowest BCUT2D eigenvalue weighted by Gasteiger charge is -2.21. The molecule has 0 unspecified atom stereocenters. The highest BCUT2D eigenvalue weighted by atomic mass is 32.2. The number of aliphatic imine (C=N–C) groups is 1. The van der Waals surface area contributed by atoms with Crippen molar-refractivity contribution in [3.8, 4) is 0 Å². The maximum absolute atomic E-state index is 13.5. The topological polar surface area (TPSA) is 142 Å². The zero-order chi connectivity index (χ0) is 26.5. The second kappa shape index (κ2) is 8.89. The molecule has 3 aromatic heterocycles. The molecule has 2 N–H and O–H groups in total. The third kappa shape index (κ3) is 4.54. The zero-order valence-electron chi connectivity index (χ0n) is 19.2. The number of hydrazine groups is 1. The van der Waals surface area contributed by atoms with Gasteiger partial charge < -0.3 is 4.42 Å². The van der Waals surface area contributed by atoms with E-state index in [9.17, 15) is 26.4 Å². The molecular formula is C21H20F3N7O5S. The van der Waals surface area contributed by atoms with E-state index < -0.39 is 41.7 Å². The molecule has 1 aromatic carbocycles. The van der Waals surface area contributed by atoms with Crippen LogP contribution < -0.4 is 16.5 Å². The minimum absolute atomic E-state index is 0.0204. The summed E-state index contributed by atoms with van der Waals surface area (Å²) in [6.45, 7) is -0.868. The maximum atomic E-state index is 13.5. The zero-order valence-corrected chi connectivity index (χ0v) is 20.0. The minimum atomic E-state index is -4.76. The Hall–Kier alpha value is -3.89. The Kier molecular flexibility index (Phi) is 5.96. The number of hydrogen-bond donors (Lipinski definition) is 1.